The van der Waals surface area contributed by atoms with Gasteiger partial charge in [0.1, 0.15) is 6.33 Å². The van der Waals surface area contributed by atoms with Crippen molar-refractivity contribution in [3.05, 3.63) is 18.7 Å². The minimum absolute atomic E-state index is 0.329. The molecule has 1 aromatic heterocycles. The normalized spacial score (nSPS) is 16.6. The van der Waals surface area contributed by atoms with E-state index in [1.165, 1.54) is 30.2 Å². The molecule has 0 spiro atoms. The van der Waals surface area contributed by atoms with Crippen LogP contribution >= 0.6 is 0 Å². The van der Waals surface area contributed by atoms with Crippen LogP contribution < -0.4 is 0 Å². The van der Waals surface area contributed by atoms with Crippen LogP contribution in [0, 0.1) is 5.92 Å². The molecule has 0 amide bonds. The predicted octanol–water partition coefficient (Wildman–Crippen LogP) is 1.67. The Kier molecular flexibility index (Phi) is 2.29. The SMILES string of the molecule is O=C(OCC1CCC1)n1ccnc1. The van der Waals surface area contributed by atoms with E-state index in [1.54, 1.807) is 12.4 Å². The Morgan fingerprint density at radius 1 is 1.62 bits per heavy atom. The first-order valence-corrected chi connectivity index (χ1v) is 4.51. The second-order valence-corrected chi connectivity index (χ2v) is 3.34. The van der Waals surface area contributed by atoms with Crippen molar-refractivity contribution in [2.45, 2.75) is 19.3 Å². The molecular weight excluding hydrogens is 168 g/mol. The summed E-state index contributed by atoms with van der Waals surface area (Å²) in [7, 11) is 0. The lowest BCUT2D eigenvalue weighted by Gasteiger charge is -2.24. The van der Waals surface area contributed by atoms with E-state index in [2.05, 4.69) is 4.98 Å². The summed E-state index contributed by atoms with van der Waals surface area (Å²) < 4.78 is 6.42. The first kappa shape index (κ1) is 8.29. The molecule has 1 heterocycles. The third-order valence-electron chi connectivity index (χ3n) is 2.38. The largest absolute Gasteiger partial charge is 0.449 e. The molecule has 0 unspecified atom stereocenters. The lowest BCUT2D eigenvalue weighted by atomic mass is 9.86. The predicted molar refractivity (Wildman–Crippen MR) is 46.3 cm³/mol. The van der Waals surface area contributed by atoms with E-state index in [0.717, 1.165) is 0 Å². The molecule has 1 aliphatic carbocycles. The smallest absolute Gasteiger partial charge is 0.419 e. The number of hydrogen-bond acceptors (Lipinski definition) is 3. The van der Waals surface area contributed by atoms with Crippen molar-refractivity contribution in [1.82, 2.24) is 9.55 Å². The Hall–Kier alpha value is -1.32. The average Bonchev–Trinajstić information content (AvgIpc) is 2.52. The third-order valence-corrected chi connectivity index (χ3v) is 2.38. The Balaban J connectivity index is 1.78. The molecule has 0 N–H and O–H groups in total. The molecule has 0 atom stereocenters. The second-order valence-electron chi connectivity index (χ2n) is 3.34. The summed E-state index contributed by atoms with van der Waals surface area (Å²) in [5.74, 6) is 0.590. The topological polar surface area (TPSA) is 44.1 Å². The van der Waals surface area contributed by atoms with Crippen molar-refractivity contribution in [1.29, 1.82) is 0 Å². The maximum atomic E-state index is 11.3. The molecular formula is C9H12N2O2. The van der Waals surface area contributed by atoms with Gasteiger partial charge in [-0.2, -0.15) is 0 Å². The molecule has 0 saturated heterocycles. The molecule has 1 aliphatic rings. The van der Waals surface area contributed by atoms with Gasteiger partial charge in [-0.15, -0.1) is 0 Å². The highest BCUT2D eigenvalue weighted by Gasteiger charge is 2.19. The van der Waals surface area contributed by atoms with Gasteiger partial charge in [-0.25, -0.2) is 14.3 Å². The number of rotatable bonds is 2. The summed E-state index contributed by atoms with van der Waals surface area (Å²) in [6, 6.07) is 0. The van der Waals surface area contributed by atoms with E-state index < -0.39 is 0 Å². The number of aromatic nitrogens is 2. The van der Waals surface area contributed by atoms with E-state index >= 15 is 0 Å². The molecule has 0 aromatic carbocycles. The minimum Gasteiger partial charge on any atom is -0.449 e. The van der Waals surface area contributed by atoms with Crippen LogP contribution in [-0.2, 0) is 4.74 Å². The van der Waals surface area contributed by atoms with Gasteiger partial charge in [0.15, 0.2) is 0 Å². The number of carbonyl (C=O) groups is 1. The maximum absolute atomic E-state index is 11.3. The van der Waals surface area contributed by atoms with Crippen molar-refractivity contribution < 1.29 is 9.53 Å². The molecule has 13 heavy (non-hydrogen) atoms. The first-order chi connectivity index (χ1) is 6.36. The average molecular weight is 180 g/mol. The van der Waals surface area contributed by atoms with Gasteiger partial charge in [0.05, 0.1) is 6.61 Å². The Morgan fingerprint density at radius 2 is 2.46 bits per heavy atom. The first-order valence-electron chi connectivity index (χ1n) is 4.51. The Bertz CT molecular complexity index is 278. The molecule has 1 aromatic rings. The van der Waals surface area contributed by atoms with E-state index in [4.69, 9.17) is 4.74 Å². The molecule has 0 aliphatic heterocycles. The lowest BCUT2D eigenvalue weighted by Crippen LogP contribution is -2.22. The van der Waals surface area contributed by atoms with Crippen LogP contribution in [0.5, 0.6) is 0 Å². The molecule has 1 saturated carbocycles. The van der Waals surface area contributed by atoms with Gasteiger partial charge in [-0.3, -0.25) is 0 Å². The van der Waals surface area contributed by atoms with Crippen molar-refractivity contribution in [3.8, 4) is 0 Å². The highest BCUT2D eigenvalue weighted by Crippen LogP contribution is 2.26. The molecule has 0 radical (unpaired) electrons. The fourth-order valence-electron chi connectivity index (χ4n) is 1.29. The summed E-state index contributed by atoms with van der Waals surface area (Å²) in [5, 5.41) is 0. The minimum atomic E-state index is -0.329. The summed E-state index contributed by atoms with van der Waals surface area (Å²) in [6.45, 7) is 0.553. The maximum Gasteiger partial charge on any atom is 0.419 e. The zero-order valence-electron chi connectivity index (χ0n) is 7.35. The van der Waals surface area contributed by atoms with Crippen molar-refractivity contribution in [2.75, 3.05) is 6.61 Å². The van der Waals surface area contributed by atoms with Crippen LogP contribution in [0.25, 0.3) is 0 Å². The number of imidazole rings is 1. The standard InChI is InChI=1S/C9H12N2O2/c12-9(11-5-4-10-7-11)13-6-8-2-1-3-8/h4-5,7-8H,1-3,6H2. The van der Waals surface area contributed by atoms with Crippen molar-refractivity contribution in [3.63, 3.8) is 0 Å². The van der Waals surface area contributed by atoms with Crippen LogP contribution in [0.1, 0.15) is 19.3 Å². The van der Waals surface area contributed by atoms with Gasteiger partial charge in [-0.1, -0.05) is 6.42 Å². The van der Waals surface area contributed by atoms with Crippen LogP contribution in [0.15, 0.2) is 18.7 Å². The van der Waals surface area contributed by atoms with Gasteiger partial charge >= 0.3 is 6.09 Å². The van der Waals surface area contributed by atoms with E-state index in [-0.39, 0.29) is 6.09 Å². The lowest BCUT2D eigenvalue weighted by molar-refractivity contribution is 0.105. The highest BCUT2D eigenvalue weighted by molar-refractivity contribution is 5.69. The molecule has 2 rings (SSSR count). The van der Waals surface area contributed by atoms with Crippen LogP contribution in [0.2, 0.25) is 0 Å². The van der Waals surface area contributed by atoms with E-state index in [1.807, 2.05) is 0 Å². The fourth-order valence-corrected chi connectivity index (χ4v) is 1.29. The van der Waals surface area contributed by atoms with Gasteiger partial charge < -0.3 is 4.74 Å². The number of carbonyl (C=O) groups excluding carboxylic acids is 1. The summed E-state index contributed by atoms with van der Waals surface area (Å²) in [4.78, 5) is 15.0. The van der Waals surface area contributed by atoms with E-state index in [9.17, 15) is 4.79 Å². The van der Waals surface area contributed by atoms with Gasteiger partial charge in [-0.05, 0) is 18.8 Å². The summed E-state index contributed by atoms with van der Waals surface area (Å²) in [6.07, 6.45) is 7.92. The Morgan fingerprint density at radius 3 is 3.00 bits per heavy atom. The zero-order chi connectivity index (χ0) is 9.10. The van der Waals surface area contributed by atoms with E-state index in [0.29, 0.717) is 12.5 Å². The van der Waals surface area contributed by atoms with Crippen LogP contribution in [0.4, 0.5) is 4.79 Å². The zero-order valence-corrected chi connectivity index (χ0v) is 7.35. The van der Waals surface area contributed by atoms with Crippen molar-refractivity contribution in [2.24, 2.45) is 5.92 Å². The number of hydrogen-bond donors (Lipinski definition) is 0. The molecule has 4 heteroatoms. The van der Waals surface area contributed by atoms with Gasteiger partial charge in [0.2, 0.25) is 0 Å². The van der Waals surface area contributed by atoms with Gasteiger partial charge in [0, 0.05) is 12.4 Å². The molecule has 0 bridgehead atoms. The monoisotopic (exact) mass is 180 g/mol. The number of nitrogens with zero attached hydrogens (tertiary/aromatic N) is 2. The number of ether oxygens (including phenoxy) is 1. The van der Waals surface area contributed by atoms with Crippen molar-refractivity contribution >= 4 is 6.09 Å². The van der Waals surface area contributed by atoms with Crippen LogP contribution in [0.3, 0.4) is 0 Å². The quantitative estimate of drug-likeness (QED) is 0.695. The van der Waals surface area contributed by atoms with Crippen LogP contribution in [-0.4, -0.2) is 22.3 Å². The molecule has 70 valence electrons. The molecule has 4 nitrogen and oxygen atoms in total. The summed E-state index contributed by atoms with van der Waals surface area (Å²) >= 11 is 0. The highest BCUT2D eigenvalue weighted by atomic mass is 16.5. The molecule has 1 fully saturated rings. The van der Waals surface area contributed by atoms with Gasteiger partial charge in [0.25, 0.3) is 0 Å². The second kappa shape index (κ2) is 3.60. The fraction of sp³-hybridized carbons (Fsp3) is 0.556. The summed E-state index contributed by atoms with van der Waals surface area (Å²) in [5.41, 5.74) is 0. The third kappa shape index (κ3) is 1.88. The Labute approximate surface area is 76.5 Å².